The van der Waals surface area contributed by atoms with Gasteiger partial charge in [0.05, 0.1) is 11.7 Å². The van der Waals surface area contributed by atoms with E-state index in [2.05, 4.69) is 15.3 Å². The molecule has 0 aliphatic carbocycles. The van der Waals surface area contributed by atoms with Crippen molar-refractivity contribution in [1.82, 2.24) is 15.3 Å². The van der Waals surface area contributed by atoms with Gasteiger partial charge in [-0.3, -0.25) is 5.41 Å². The molecule has 0 aliphatic rings. The van der Waals surface area contributed by atoms with Crippen molar-refractivity contribution in [3.63, 3.8) is 0 Å². The van der Waals surface area contributed by atoms with E-state index in [4.69, 9.17) is 16.9 Å². The van der Waals surface area contributed by atoms with Crippen LogP contribution < -0.4 is 16.8 Å². The van der Waals surface area contributed by atoms with E-state index in [9.17, 15) is 0 Å². The van der Waals surface area contributed by atoms with Gasteiger partial charge >= 0.3 is 0 Å². The molecule has 0 fully saturated rings. The molecule has 0 radical (unpaired) electrons. The SMILES string of the molecule is CCC(NC(=N)N)c1c[nH]c(N)n1.Cl. The highest BCUT2D eigenvalue weighted by Crippen LogP contribution is 2.13. The summed E-state index contributed by atoms with van der Waals surface area (Å²) in [5, 5.41) is 9.86. The van der Waals surface area contributed by atoms with E-state index in [1.807, 2.05) is 6.92 Å². The van der Waals surface area contributed by atoms with E-state index in [1.54, 1.807) is 6.20 Å². The van der Waals surface area contributed by atoms with Crippen LogP contribution in [0, 0.1) is 5.41 Å². The van der Waals surface area contributed by atoms with Crippen LogP contribution in [-0.2, 0) is 0 Å². The Labute approximate surface area is 88.4 Å². The highest BCUT2D eigenvalue weighted by atomic mass is 35.5. The van der Waals surface area contributed by atoms with Gasteiger partial charge in [-0.2, -0.15) is 0 Å². The van der Waals surface area contributed by atoms with Gasteiger partial charge in [-0.25, -0.2) is 4.98 Å². The lowest BCUT2D eigenvalue weighted by Crippen LogP contribution is -2.33. The van der Waals surface area contributed by atoms with Gasteiger partial charge in [0, 0.05) is 6.20 Å². The van der Waals surface area contributed by atoms with Gasteiger partial charge in [-0.05, 0) is 6.42 Å². The number of anilines is 1. The van der Waals surface area contributed by atoms with Gasteiger partial charge in [-0.15, -0.1) is 12.4 Å². The van der Waals surface area contributed by atoms with E-state index in [-0.39, 0.29) is 24.4 Å². The molecule has 7 heteroatoms. The summed E-state index contributed by atoms with van der Waals surface area (Å²) in [4.78, 5) is 6.81. The molecule has 1 rings (SSSR count). The molecule has 14 heavy (non-hydrogen) atoms. The van der Waals surface area contributed by atoms with Crippen molar-refractivity contribution in [3.8, 4) is 0 Å². The first-order chi connectivity index (χ1) is 6.13. The second kappa shape index (κ2) is 5.33. The summed E-state index contributed by atoms with van der Waals surface area (Å²) in [5.41, 5.74) is 11.4. The van der Waals surface area contributed by atoms with Crippen LogP contribution in [0.2, 0.25) is 0 Å². The number of hydrogen-bond acceptors (Lipinski definition) is 3. The number of nitrogens with two attached hydrogens (primary N) is 2. The molecule has 6 nitrogen and oxygen atoms in total. The van der Waals surface area contributed by atoms with Gasteiger partial charge in [0.2, 0.25) is 0 Å². The van der Waals surface area contributed by atoms with Gasteiger partial charge in [-0.1, -0.05) is 6.92 Å². The summed E-state index contributed by atoms with van der Waals surface area (Å²) in [6.45, 7) is 1.98. The summed E-state index contributed by atoms with van der Waals surface area (Å²) >= 11 is 0. The Hall–Kier alpha value is -1.43. The normalized spacial score (nSPS) is 11.5. The van der Waals surface area contributed by atoms with E-state index < -0.39 is 0 Å². The van der Waals surface area contributed by atoms with Crippen LogP contribution in [0.5, 0.6) is 0 Å². The maximum Gasteiger partial charge on any atom is 0.197 e. The Morgan fingerprint density at radius 1 is 1.79 bits per heavy atom. The fourth-order valence-corrected chi connectivity index (χ4v) is 1.10. The van der Waals surface area contributed by atoms with Crippen molar-refractivity contribution in [3.05, 3.63) is 11.9 Å². The molecule has 1 aromatic rings. The highest BCUT2D eigenvalue weighted by molar-refractivity contribution is 5.85. The van der Waals surface area contributed by atoms with Gasteiger partial charge in [0.15, 0.2) is 11.9 Å². The van der Waals surface area contributed by atoms with E-state index >= 15 is 0 Å². The standard InChI is InChI=1S/C7H14N6.ClH/c1-2-4(12-6(8)9)5-3-11-7(10)13-5;/h3-4H,2H2,1H3,(H4,8,9,12)(H3,10,11,13);1H. The van der Waals surface area contributed by atoms with E-state index in [1.165, 1.54) is 0 Å². The number of hydrogen-bond donors (Lipinski definition) is 5. The van der Waals surface area contributed by atoms with Crippen molar-refractivity contribution in [2.45, 2.75) is 19.4 Å². The van der Waals surface area contributed by atoms with E-state index in [0.29, 0.717) is 5.95 Å². The summed E-state index contributed by atoms with van der Waals surface area (Å²) in [6, 6.07) is -0.0500. The van der Waals surface area contributed by atoms with Crippen molar-refractivity contribution in [2.24, 2.45) is 5.73 Å². The summed E-state index contributed by atoms with van der Waals surface area (Å²) in [7, 11) is 0. The smallest absolute Gasteiger partial charge is 0.197 e. The molecule has 80 valence electrons. The fraction of sp³-hybridized carbons (Fsp3) is 0.429. The average molecular weight is 219 g/mol. The third kappa shape index (κ3) is 3.14. The number of rotatable bonds is 3. The number of nitrogens with one attached hydrogen (secondary N) is 3. The lowest BCUT2D eigenvalue weighted by molar-refractivity contribution is 0.606. The number of nitrogen functional groups attached to an aromatic ring is 1. The van der Waals surface area contributed by atoms with Crippen LogP contribution in [0.25, 0.3) is 0 Å². The van der Waals surface area contributed by atoms with Crippen molar-refractivity contribution < 1.29 is 0 Å². The Bertz CT molecular complexity index is 296. The second-order valence-electron chi connectivity index (χ2n) is 2.73. The zero-order valence-corrected chi connectivity index (χ0v) is 8.69. The predicted octanol–water partition coefficient (Wildman–Crippen LogP) is 0.348. The number of aromatic amines is 1. The van der Waals surface area contributed by atoms with Crippen LogP contribution in [0.3, 0.4) is 0 Å². The number of halogens is 1. The number of guanidine groups is 1. The Balaban J connectivity index is 0.00000169. The molecule has 7 N–H and O–H groups in total. The van der Waals surface area contributed by atoms with Crippen LogP contribution in [0.1, 0.15) is 25.1 Å². The molecular weight excluding hydrogens is 204 g/mol. The summed E-state index contributed by atoms with van der Waals surface area (Å²) in [5.74, 6) is 0.312. The van der Waals surface area contributed by atoms with E-state index in [0.717, 1.165) is 12.1 Å². The molecule has 1 atom stereocenters. The van der Waals surface area contributed by atoms with Gasteiger partial charge < -0.3 is 21.8 Å². The molecule has 0 bridgehead atoms. The quantitative estimate of drug-likeness (QED) is 0.372. The first kappa shape index (κ1) is 12.6. The molecule has 0 aliphatic heterocycles. The van der Waals surface area contributed by atoms with Gasteiger partial charge in [0.25, 0.3) is 0 Å². The first-order valence-corrected chi connectivity index (χ1v) is 4.04. The number of aromatic nitrogens is 2. The lowest BCUT2D eigenvalue weighted by Gasteiger charge is -2.13. The number of imidazole rings is 1. The maximum atomic E-state index is 7.08. The molecular formula is C7H15ClN6. The van der Waals surface area contributed by atoms with Crippen LogP contribution in [-0.4, -0.2) is 15.9 Å². The minimum atomic E-state index is -0.0616. The third-order valence-electron chi connectivity index (χ3n) is 1.71. The summed E-state index contributed by atoms with van der Waals surface area (Å²) < 4.78 is 0. The van der Waals surface area contributed by atoms with Crippen molar-refractivity contribution in [2.75, 3.05) is 5.73 Å². The fourth-order valence-electron chi connectivity index (χ4n) is 1.10. The number of H-pyrrole nitrogens is 1. The van der Waals surface area contributed by atoms with Gasteiger partial charge in [0.1, 0.15) is 0 Å². The molecule has 0 saturated carbocycles. The molecule has 1 heterocycles. The molecule has 0 amide bonds. The minimum absolute atomic E-state index is 0. The maximum absolute atomic E-state index is 7.08. The minimum Gasteiger partial charge on any atom is -0.370 e. The van der Waals surface area contributed by atoms with Crippen LogP contribution in [0.4, 0.5) is 5.95 Å². The average Bonchev–Trinajstić information content (AvgIpc) is 2.47. The zero-order valence-electron chi connectivity index (χ0n) is 7.87. The Morgan fingerprint density at radius 2 is 2.43 bits per heavy atom. The second-order valence-corrected chi connectivity index (χ2v) is 2.73. The molecule has 1 unspecified atom stereocenters. The lowest BCUT2D eigenvalue weighted by atomic mass is 10.2. The first-order valence-electron chi connectivity index (χ1n) is 4.04. The Kier molecular flexibility index (Phi) is 4.79. The molecule has 0 saturated heterocycles. The predicted molar refractivity (Wildman–Crippen MR) is 58.3 cm³/mol. The molecule has 1 aromatic heterocycles. The largest absolute Gasteiger partial charge is 0.370 e. The molecule has 0 aromatic carbocycles. The van der Waals surface area contributed by atoms with Crippen LogP contribution in [0.15, 0.2) is 6.20 Å². The third-order valence-corrected chi connectivity index (χ3v) is 1.71. The summed E-state index contributed by atoms with van der Waals surface area (Å²) in [6.07, 6.45) is 2.50. The Morgan fingerprint density at radius 3 is 2.79 bits per heavy atom. The number of nitrogens with zero attached hydrogens (tertiary/aromatic N) is 1. The van der Waals surface area contributed by atoms with Crippen molar-refractivity contribution in [1.29, 1.82) is 5.41 Å². The van der Waals surface area contributed by atoms with Crippen LogP contribution >= 0.6 is 12.4 Å². The monoisotopic (exact) mass is 218 g/mol. The highest BCUT2D eigenvalue weighted by Gasteiger charge is 2.11. The molecule has 0 spiro atoms. The topological polar surface area (TPSA) is 117 Å². The zero-order chi connectivity index (χ0) is 9.84. The van der Waals surface area contributed by atoms with Crippen molar-refractivity contribution >= 4 is 24.3 Å².